The Morgan fingerprint density at radius 1 is 1.18 bits per heavy atom. The van der Waals surface area contributed by atoms with Crippen molar-refractivity contribution in [3.63, 3.8) is 0 Å². The van der Waals surface area contributed by atoms with Gasteiger partial charge in [-0.15, -0.1) is 0 Å². The van der Waals surface area contributed by atoms with E-state index in [1.807, 2.05) is 4.90 Å². The fourth-order valence-electron chi connectivity index (χ4n) is 4.01. The van der Waals surface area contributed by atoms with E-state index in [0.29, 0.717) is 23.7 Å². The molecule has 3 rings (SSSR count). The summed E-state index contributed by atoms with van der Waals surface area (Å²) < 4.78 is 0. The normalized spacial score (nSPS) is 22.4. The molecule has 1 aromatic carbocycles. The maximum atomic E-state index is 12.6. The van der Waals surface area contributed by atoms with Crippen LogP contribution in [0.4, 0.5) is 5.69 Å². The van der Waals surface area contributed by atoms with Crippen molar-refractivity contribution < 1.29 is 14.4 Å². The number of hydrogen-bond acceptors (Lipinski definition) is 3. The van der Waals surface area contributed by atoms with Gasteiger partial charge in [0.05, 0.1) is 5.92 Å². The number of carbonyl (C=O) groups is 3. The summed E-state index contributed by atoms with van der Waals surface area (Å²) in [6, 6.07) is 7.07. The number of anilines is 1. The molecule has 0 aromatic heterocycles. The zero-order valence-corrected chi connectivity index (χ0v) is 16.9. The van der Waals surface area contributed by atoms with Gasteiger partial charge in [-0.2, -0.15) is 0 Å². The van der Waals surface area contributed by atoms with Gasteiger partial charge in [0, 0.05) is 43.9 Å². The van der Waals surface area contributed by atoms with Crippen molar-refractivity contribution in [2.75, 3.05) is 31.5 Å². The van der Waals surface area contributed by atoms with E-state index in [2.05, 4.69) is 19.2 Å². The molecule has 152 valence electrons. The Balaban J connectivity index is 1.55. The molecule has 2 fully saturated rings. The zero-order valence-electron chi connectivity index (χ0n) is 16.9. The number of benzene rings is 1. The van der Waals surface area contributed by atoms with Crippen LogP contribution < -0.4 is 5.32 Å². The van der Waals surface area contributed by atoms with Crippen molar-refractivity contribution in [2.24, 2.45) is 11.8 Å². The fourth-order valence-corrected chi connectivity index (χ4v) is 4.01. The minimum absolute atomic E-state index is 0.0531. The van der Waals surface area contributed by atoms with E-state index >= 15 is 0 Å². The van der Waals surface area contributed by atoms with Gasteiger partial charge >= 0.3 is 0 Å². The summed E-state index contributed by atoms with van der Waals surface area (Å²) in [6.45, 7) is 7.10. The molecule has 0 unspecified atom stereocenters. The average molecular weight is 386 g/mol. The maximum Gasteiger partial charge on any atom is 0.253 e. The summed E-state index contributed by atoms with van der Waals surface area (Å²) in [4.78, 5) is 40.9. The highest BCUT2D eigenvalue weighted by Crippen LogP contribution is 2.22. The smallest absolute Gasteiger partial charge is 0.253 e. The second-order valence-corrected chi connectivity index (χ2v) is 8.16. The number of nitrogens with one attached hydrogen (secondary N) is 1. The van der Waals surface area contributed by atoms with Crippen LogP contribution in [0.2, 0.25) is 0 Å². The monoisotopic (exact) mass is 385 g/mol. The number of likely N-dealkylation sites (tertiary alicyclic amines) is 2. The Hall–Kier alpha value is -2.37. The van der Waals surface area contributed by atoms with Gasteiger partial charge in [0.1, 0.15) is 0 Å². The van der Waals surface area contributed by atoms with Crippen LogP contribution >= 0.6 is 0 Å². The summed E-state index contributed by atoms with van der Waals surface area (Å²) in [5.41, 5.74) is 1.31. The van der Waals surface area contributed by atoms with Crippen LogP contribution in [-0.2, 0) is 9.59 Å². The lowest BCUT2D eigenvalue weighted by molar-refractivity contribution is -0.128. The lowest BCUT2D eigenvalue weighted by Gasteiger charge is -2.31. The van der Waals surface area contributed by atoms with Gasteiger partial charge in [-0.1, -0.05) is 20.3 Å². The van der Waals surface area contributed by atoms with Gasteiger partial charge in [-0.05, 0) is 49.4 Å². The molecule has 2 heterocycles. The van der Waals surface area contributed by atoms with E-state index in [-0.39, 0.29) is 30.1 Å². The SMILES string of the molecule is CCCCN1C[C@H](C(=O)Nc2ccc(C(=O)N3CCC[C@@H](C)C3)cc2)CC1=O. The van der Waals surface area contributed by atoms with Crippen LogP contribution in [0.15, 0.2) is 24.3 Å². The number of unbranched alkanes of at least 4 members (excludes halogenated alkanes) is 1. The maximum absolute atomic E-state index is 12.6. The summed E-state index contributed by atoms with van der Waals surface area (Å²) in [7, 11) is 0. The molecule has 0 spiro atoms. The van der Waals surface area contributed by atoms with Crippen molar-refractivity contribution in [3.8, 4) is 0 Å². The Labute approximate surface area is 167 Å². The third-order valence-corrected chi connectivity index (χ3v) is 5.71. The van der Waals surface area contributed by atoms with Crippen molar-refractivity contribution in [3.05, 3.63) is 29.8 Å². The Morgan fingerprint density at radius 2 is 1.93 bits per heavy atom. The molecule has 0 bridgehead atoms. The van der Waals surface area contributed by atoms with Crippen LogP contribution in [0.1, 0.15) is 56.3 Å². The van der Waals surface area contributed by atoms with Crippen LogP contribution in [-0.4, -0.2) is 53.7 Å². The summed E-state index contributed by atoms with van der Waals surface area (Å²) >= 11 is 0. The van der Waals surface area contributed by atoms with Gasteiger partial charge in [-0.25, -0.2) is 0 Å². The van der Waals surface area contributed by atoms with E-state index in [1.54, 1.807) is 29.2 Å². The van der Waals surface area contributed by atoms with E-state index in [1.165, 1.54) is 6.42 Å². The quantitative estimate of drug-likeness (QED) is 0.818. The van der Waals surface area contributed by atoms with E-state index in [4.69, 9.17) is 0 Å². The fraction of sp³-hybridized carbons (Fsp3) is 0.591. The second kappa shape index (κ2) is 9.22. The first-order valence-corrected chi connectivity index (χ1v) is 10.5. The highest BCUT2D eigenvalue weighted by Gasteiger charge is 2.33. The molecule has 2 aliphatic rings. The van der Waals surface area contributed by atoms with Gasteiger partial charge in [0.2, 0.25) is 11.8 Å². The minimum atomic E-state index is -0.305. The molecular formula is C22H31N3O3. The van der Waals surface area contributed by atoms with Gasteiger partial charge in [0.25, 0.3) is 5.91 Å². The highest BCUT2D eigenvalue weighted by molar-refractivity contribution is 5.98. The third-order valence-electron chi connectivity index (χ3n) is 5.71. The molecule has 28 heavy (non-hydrogen) atoms. The molecule has 1 aromatic rings. The largest absolute Gasteiger partial charge is 0.342 e. The van der Waals surface area contributed by atoms with Gasteiger partial charge < -0.3 is 15.1 Å². The topological polar surface area (TPSA) is 69.7 Å². The highest BCUT2D eigenvalue weighted by atomic mass is 16.2. The molecule has 6 heteroatoms. The third kappa shape index (κ3) is 4.91. The first kappa shape index (κ1) is 20.4. The second-order valence-electron chi connectivity index (χ2n) is 8.16. The molecule has 3 amide bonds. The van der Waals surface area contributed by atoms with E-state index in [0.717, 1.165) is 38.9 Å². The number of hydrogen-bond donors (Lipinski definition) is 1. The molecule has 2 saturated heterocycles. The molecule has 2 atom stereocenters. The number of carbonyl (C=O) groups excluding carboxylic acids is 3. The number of piperidine rings is 1. The summed E-state index contributed by atoms with van der Waals surface area (Å²) in [5.74, 6) is 0.224. The number of nitrogens with zero attached hydrogens (tertiary/aromatic N) is 2. The zero-order chi connectivity index (χ0) is 20.1. The minimum Gasteiger partial charge on any atom is -0.342 e. The molecule has 0 saturated carbocycles. The average Bonchev–Trinajstić information content (AvgIpc) is 3.07. The number of amides is 3. The van der Waals surface area contributed by atoms with Crippen LogP contribution in [0.5, 0.6) is 0 Å². The Morgan fingerprint density at radius 3 is 2.61 bits per heavy atom. The number of rotatable bonds is 6. The Bertz CT molecular complexity index is 716. The van der Waals surface area contributed by atoms with Crippen LogP contribution in [0, 0.1) is 11.8 Å². The first-order chi connectivity index (χ1) is 13.5. The van der Waals surface area contributed by atoms with Crippen LogP contribution in [0.3, 0.4) is 0 Å². The van der Waals surface area contributed by atoms with Crippen molar-refractivity contribution in [1.29, 1.82) is 0 Å². The Kier molecular flexibility index (Phi) is 6.70. The molecule has 6 nitrogen and oxygen atoms in total. The standard InChI is InChI=1S/C22H31N3O3/c1-3-4-11-24-15-18(13-20(24)26)21(27)23-19-9-7-17(8-10-19)22(28)25-12-5-6-16(2)14-25/h7-10,16,18H,3-6,11-15H2,1-2H3,(H,23,27)/t16-,18-/m1/s1. The van der Waals surface area contributed by atoms with E-state index in [9.17, 15) is 14.4 Å². The van der Waals surface area contributed by atoms with Crippen LogP contribution in [0.25, 0.3) is 0 Å². The molecule has 2 aliphatic heterocycles. The predicted molar refractivity (Wildman–Crippen MR) is 109 cm³/mol. The molecule has 0 aliphatic carbocycles. The molecule has 0 radical (unpaired) electrons. The lowest BCUT2D eigenvalue weighted by Crippen LogP contribution is -2.39. The summed E-state index contributed by atoms with van der Waals surface area (Å²) in [5, 5.41) is 2.89. The summed E-state index contributed by atoms with van der Waals surface area (Å²) in [6.07, 6.45) is 4.50. The van der Waals surface area contributed by atoms with E-state index < -0.39 is 0 Å². The van der Waals surface area contributed by atoms with Gasteiger partial charge in [0.15, 0.2) is 0 Å². The molecule has 1 N–H and O–H groups in total. The predicted octanol–water partition coefficient (Wildman–Crippen LogP) is 3.15. The van der Waals surface area contributed by atoms with Gasteiger partial charge in [-0.3, -0.25) is 14.4 Å². The van der Waals surface area contributed by atoms with Crippen molar-refractivity contribution >= 4 is 23.4 Å². The lowest BCUT2D eigenvalue weighted by atomic mass is 9.99. The van der Waals surface area contributed by atoms with Crippen molar-refractivity contribution in [1.82, 2.24) is 9.80 Å². The molecular weight excluding hydrogens is 354 g/mol. The van der Waals surface area contributed by atoms with Crippen molar-refractivity contribution in [2.45, 2.75) is 46.0 Å². The first-order valence-electron chi connectivity index (χ1n) is 10.5.